The SMILES string of the molecule is CCC(OC(=O)C(OC)c1ccccc1)c1sc(-c2ccc(C(F)(F)F)cc2)nc1CN1CCC(C(F)(F)F)CC1. The zero-order valence-corrected chi connectivity index (χ0v) is 23.3. The normalized spacial score (nSPS) is 16.9. The molecule has 0 N–H and O–H groups in total. The first-order valence-corrected chi connectivity index (χ1v) is 14.0. The Kier molecular flexibility index (Phi) is 9.76. The van der Waals surface area contributed by atoms with Crippen molar-refractivity contribution in [3.8, 4) is 10.6 Å². The van der Waals surface area contributed by atoms with Gasteiger partial charge in [-0.1, -0.05) is 49.4 Å². The minimum atomic E-state index is -4.49. The van der Waals surface area contributed by atoms with Gasteiger partial charge in [0.2, 0.25) is 0 Å². The van der Waals surface area contributed by atoms with E-state index in [1.807, 2.05) is 11.8 Å². The van der Waals surface area contributed by atoms with E-state index in [0.717, 1.165) is 12.1 Å². The number of benzene rings is 2. The molecule has 0 bridgehead atoms. The number of halogens is 6. The van der Waals surface area contributed by atoms with Gasteiger partial charge in [-0.3, -0.25) is 4.90 Å². The average Bonchev–Trinajstić information content (AvgIpc) is 3.35. The smallest absolute Gasteiger partial charge is 0.416 e. The van der Waals surface area contributed by atoms with Gasteiger partial charge in [0.05, 0.1) is 22.1 Å². The van der Waals surface area contributed by atoms with E-state index >= 15 is 0 Å². The molecule has 1 fully saturated rings. The van der Waals surface area contributed by atoms with Crippen molar-refractivity contribution in [3.63, 3.8) is 0 Å². The Hall–Kier alpha value is -2.96. The van der Waals surface area contributed by atoms with Gasteiger partial charge < -0.3 is 9.47 Å². The summed E-state index contributed by atoms with van der Waals surface area (Å²) < 4.78 is 90.1. The third kappa shape index (κ3) is 7.66. The lowest BCUT2D eigenvalue weighted by molar-refractivity contribution is -0.185. The highest BCUT2D eigenvalue weighted by Crippen LogP contribution is 2.39. The van der Waals surface area contributed by atoms with E-state index in [1.54, 1.807) is 30.3 Å². The number of carbonyl (C=O) groups excluding carboxylic acids is 1. The monoisotopic (exact) mass is 600 g/mol. The number of likely N-dealkylation sites (tertiary alicyclic amines) is 1. The van der Waals surface area contributed by atoms with E-state index < -0.39 is 42.0 Å². The Morgan fingerprint density at radius 2 is 1.66 bits per heavy atom. The van der Waals surface area contributed by atoms with E-state index in [2.05, 4.69) is 4.98 Å². The van der Waals surface area contributed by atoms with Gasteiger partial charge in [-0.05, 0) is 50.0 Å². The van der Waals surface area contributed by atoms with E-state index in [9.17, 15) is 31.1 Å². The maximum Gasteiger partial charge on any atom is 0.416 e. The number of esters is 1. The molecule has 2 atom stereocenters. The van der Waals surface area contributed by atoms with E-state index in [4.69, 9.17) is 9.47 Å². The first-order valence-electron chi connectivity index (χ1n) is 13.1. The zero-order valence-electron chi connectivity index (χ0n) is 22.5. The molecular formula is C29H30F6N2O3S. The van der Waals surface area contributed by atoms with Crippen LogP contribution >= 0.6 is 11.3 Å². The van der Waals surface area contributed by atoms with Crippen molar-refractivity contribution in [1.29, 1.82) is 0 Å². The molecule has 0 spiro atoms. The van der Waals surface area contributed by atoms with Gasteiger partial charge in [-0.15, -0.1) is 11.3 Å². The quantitative estimate of drug-likeness (QED) is 0.184. The van der Waals surface area contributed by atoms with Crippen molar-refractivity contribution in [2.24, 2.45) is 5.92 Å². The molecule has 1 aliphatic rings. The number of piperidine rings is 1. The van der Waals surface area contributed by atoms with Crippen LogP contribution in [0.1, 0.15) is 60.1 Å². The second kappa shape index (κ2) is 12.9. The van der Waals surface area contributed by atoms with E-state index in [0.29, 0.717) is 33.1 Å². The summed E-state index contributed by atoms with van der Waals surface area (Å²) in [6, 6.07) is 13.4. The van der Waals surface area contributed by atoms with Crippen LogP contribution in [0.2, 0.25) is 0 Å². The lowest BCUT2D eigenvalue weighted by Crippen LogP contribution is -2.38. The van der Waals surface area contributed by atoms with Crippen molar-refractivity contribution in [2.45, 2.75) is 57.3 Å². The van der Waals surface area contributed by atoms with Gasteiger partial charge in [0, 0.05) is 19.2 Å². The molecule has 2 aromatic carbocycles. The molecule has 0 amide bonds. The summed E-state index contributed by atoms with van der Waals surface area (Å²) in [5, 5.41) is 0.426. The summed E-state index contributed by atoms with van der Waals surface area (Å²) in [6.07, 6.45) is -10.1. The summed E-state index contributed by atoms with van der Waals surface area (Å²) in [5.74, 6) is -1.98. The fourth-order valence-corrected chi connectivity index (χ4v) is 6.00. The molecule has 222 valence electrons. The Bertz CT molecular complexity index is 1290. The van der Waals surface area contributed by atoms with Gasteiger partial charge in [0.15, 0.2) is 6.10 Å². The standard InChI is InChI=1S/C29H30F6N2O3S/c1-3-23(40-27(38)24(39-2)18-7-5-4-6-8-18)25-22(17-37-15-13-21(14-16-37)29(33,34)35)36-26(41-25)19-9-11-20(12-10-19)28(30,31)32/h4-12,21,23-24H,3,13-17H2,1-2H3. The summed E-state index contributed by atoms with van der Waals surface area (Å²) >= 11 is 1.19. The molecule has 41 heavy (non-hydrogen) atoms. The molecule has 2 heterocycles. The highest BCUT2D eigenvalue weighted by molar-refractivity contribution is 7.15. The van der Waals surface area contributed by atoms with Gasteiger partial charge in [-0.2, -0.15) is 26.3 Å². The second-order valence-corrected chi connectivity index (χ2v) is 10.9. The highest BCUT2D eigenvalue weighted by Gasteiger charge is 2.41. The fourth-order valence-electron chi connectivity index (χ4n) is 4.80. The zero-order chi connectivity index (χ0) is 29.8. The minimum absolute atomic E-state index is 0.0342. The van der Waals surface area contributed by atoms with Crippen LogP contribution in [0.15, 0.2) is 54.6 Å². The Balaban J connectivity index is 1.62. The molecule has 12 heteroatoms. The van der Waals surface area contributed by atoms with Crippen molar-refractivity contribution in [2.75, 3.05) is 20.2 Å². The van der Waals surface area contributed by atoms with Crippen molar-refractivity contribution < 1.29 is 40.6 Å². The number of carbonyl (C=O) groups is 1. The van der Waals surface area contributed by atoms with E-state index in [1.165, 1.54) is 30.6 Å². The van der Waals surface area contributed by atoms with Crippen LogP contribution in [0, 0.1) is 5.92 Å². The Morgan fingerprint density at radius 1 is 1.02 bits per heavy atom. The van der Waals surface area contributed by atoms with E-state index in [-0.39, 0.29) is 32.5 Å². The Morgan fingerprint density at radius 3 is 2.20 bits per heavy atom. The third-order valence-electron chi connectivity index (χ3n) is 7.08. The number of hydrogen-bond acceptors (Lipinski definition) is 6. The Labute approximate surface area is 238 Å². The van der Waals surface area contributed by atoms with Crippen molar-refractivity contribution >= 4 is 17.3 Å². The van der Waals surface area contributed by atoms with Gasteiger partial charge >= 0.3 is 18.3 Å². The first kappa shape index (κ1) is 31.0. The maximum atomic E-state index is 13.2. The number of ether oxygens (including phenoxy) is 2. The number of hydrogen-bond donors (Lipinski definition) is 0. The minimum Gasteiger partial charge on any atom is -0.454 e. The molecular weight excluding hydrogens is 570 g/mol. The van der Waals surface area contributed by atoms with Crippen LogP contribution < -0.4 is 0 Å². The average molecular weight is 601 g/mol. The predicted octanol–water partition coefficient (Wildman–Crippen LogP) is 7.99. The first-order chi connectivity index (χ1) is 19.4. The molecule has 1 aromatic heterocycles. The molecule has 0 radical (unpaired) electrons. The van der Waals surface area contributed by atoms with Gasteiger partial charge in [0.25, 0.3) is 0 Å². The molecule has 1 saturated heterocycles. The number of aromatic nitrogens is 1. The highest BCUT2D eigenvalue weighted by atomic mass is 32.1. The number of alkyl halides is 6. The molecule has 2 unspecified atom stereocenters. The lowest BCUT2D eigenvalue weighted by atomic mass is 9.96. The van der Waals surface area contributed by atoms with Gasteiger partial charge in [0.1, 0.15) is 11.1 Å². The number of methoxy groups -OCH3 is 1. The summed E-state index contributed by atoms with van der Waals surface area (Å²) in [5.41, 5.74) is 0.783. The largest absolute Gasteiger partial charge is 0.454 e. The summed E-state index contributed by atoms with van der Waals surface area (Å²) in [7, 11) is 1.39. The molecule has 4 rings (SSSR count). The van der Waals surface area contributed by atoms with Crippen LogP contribution in [0.25, 0.3) is 10.6 Å². The number of rotatable bonds is 9. The molecule has 5 nitrogen and oxygen atoms in total. The second-order valence-electron chi connectivity index (χ2n) is 9.86. The van der Waals surface area contributed by atoms with Crippen LogP contribution in [0.3, 0.4) is 0 Å². The number of thiazole rings is 1. The molecule has 0 aliphatic carbocycles. The lowest BCUT2D eigenvalue weighted by Gasteiger charge is -2.32. The third-order valence-corrected chi connectivity index (χ3v) is 8.32. The predicted molar refractivity (Wildman–Crippen MR) is 142 cm³/mol. The van der Waals surface area contributed by atoms with Crippen molar-refractivity contribution in [1.82, 2.24) is 9.88 Å². The van der Waals surface area contributed by atoms with Crippen molar-refractivity contribution in [3.05, 3.63) is 76.3 Å². The summed E-state index contributed by atoms with van der Waals surface area (Å²) in [6.45, 7) is 2.47. The maximum absolute atomic E-state index is 13.2. The summed E-state index contributed by atoms with van der Waals surface area (Å²) in [4.78, 5) is 20.3. The van der Waals surface area contributed by atoms with Crippen LogP contribution in [0.5, 0.6) is 0 Å². The van der Waals surface area contributed by atoms with Crippen LogP contribution in [-0.4, -0.2) is 42.2 Å². The molecule has 1 aliphatic heterocycles. The topological polar surface area (TPSA) is 51.7 Å². The molecule has 0 saturated carbocycles. The fraction of sp³-hybridized carbons (Fsp3) is 0.448. The number of nitrogens with zero attached hydrogens (tertiary/aromatic N) is 2. The van der Waals surface area contributed by atoms with Gasteiger partial charge in [-0.25, -0.2) is 9.78 Å². The van der Waals surface area contributed by atoms with Crippen LogP contribution in [-0.2, 0) is 27.0 Å². The molecule has 3 aromatic rings. The van der Waals surface area contributed by atoms with Crippen LogP contribution in [0.4, 0.5) is 26.3 Å².